The smallest absolute Gasteiger partial charge is 0.180 e. The van der Waals surface area contributed by atoms with Crippen molar-refractivity contribution in [3.63, 3.8) is 0 Å². The van der Waals surface area contributed by atoms with Crippen LogP contribution < -0.4 is 0 Å². The second-order valence-electron chi connectivity index (χ2n) is 6.98. The van der Waals surface area contributed by atoms with Gasteiger partial charge in [0.1, 0.15) is 22.1 Å². The summed E-state index contributed by atoms with van der Waals surface area (Å²) in [6.07, 6.45) is 3.39. The highest BCUT2D eigenvalue weighted by Gasteiger charge is 2.54. The van der Waals surface area contributed by atoms with Crippen molar-refractivity contribution in [2.45, 2.75) is 51.7 Å². The number of aryl methyl sites for hydroxylation is 1. The zero-order valence-electron chi connectivity index (χ0n) is 14.4. The van der Waals surface area contributed by atoms with Crippen molar-refractivity contribution < 1.29 is 14.3 Å². The van der Waals surface area contributed by atoms with Crippen LogP contribution in [0.1, 0.15) is 44.2 Å². The lowest BCUT2D eigenvalue weighted by Gasteiger charge is -2.42. The molecule has 24 heavy (non-hydrogen) atoms. The van der Waals surface area contributed by atoms with Crippen LogP contribution in [0.3, 0.4) is 0 Å². The second kappa shape index (κ2) is 5.57. The standard InChI is InChI=1S/C18H20N2O3S/c1-10-13(20-16(24-10)11-6-8-19-9-7-11)12-14(21)17(2,3)23-18(4,5)15(12)22/h6-9,12H,1-5H3. The number of hydrogen-bond donors (Lipinski definition) is 0. The quantitative estimate of drug-likeness (QED) is 0.782. The average Bonchev–Trinajstić information content (AvgIpc) is 2.88. The maximum absolute atomic E-state index is 12.9. The molecule has 5 nitrogen and oxygen atoms in total. The first-order valence-corrected chi connectivity index (χ1v) is 8.61. The Morgan fingerprint density at radius 3 is 2.12 bits per heavy atom. The van der Waals surface area contributed by atoms with Gasteiger partial charge in [0.25, 0.3) is 0 Å². The molecule has 0 amide bonds. The number of hydrogen-bond acceptors (Lipinski definition) is 6. The molecular formula is C18H20N2O3S. The molecule has 6 heteroatoms. The molecule has 0 aromatic carbocycles. The van der Waals surface area contributed by atoms with Crippen molar-refractivity contribution in [3.8, 4) is 10.6 Å². The monoisotopic (exact) mass is 344 g/mol. The van der Waals surface area contributed by atoms with Crippen molar-refractivity contribution in [1.29, 1.82) is 0 Å². The van der Waals surface area contributed by atoms with Gasteiger partial charge in [0.15, 0.2) is 11.6 Å². The third kappa shape index (κ3) is 2.70. The fourth-order valence-corrected chi connectivity index (χ4v) is 4.05. The van der Waals surface area contributed by atoms with Crippen LogP contribution in [0.15, 0.2) is 24.5 Å². The van der Waals surface area contributed by atoms with Crippen LogP contribution in [0.25, 0.3) is 10.6 Å². The minimum absolute atomic E-state index is 0.235. The first-order chi connectivity index (χ1) is 11.1. The molecule has 3 heterocycles. The van der Waals surface area contributed by atoms with E-state index >= 15 is 0 Å². The molecule has 1 saturated heterocycles. The second-order valence-corrected chi connectivity index (χ2v) is 8.18. The van der Waals surface area contributed by atoms with E-state index in [1.54, 1.807) is 40.1 Å². The van der Waals surface area contributed by atoms with Gasteiger partial charge in [-0.1, -0.05) is 0 Å². The highest BCUT2D eigenvalue weighted by molar-refractivity contribution is 7.15. The Morgan fingerprint density at radius 1 is 1.04 bits per heavy atom. The van der Waals surface area contributed by atoms with Crippen LogP contribution in [0.4, 0.5) is 0 Å². The molecule has 1 fully saturated rings. The fraction of sp³-hybridized carbons (Fsp3) is 0.444. The van der Waals surface area contributed by atoms with E-state index in [1.165, 1.54) is 11.3 Å². The van der Waals surface area contributed by atoms with Crippen LogP contribution in [0.5, 0.6) is 0 Å². The number of rotatable bonds is 2. The third-order valence-corrected chi connectivity index (χ3v) is 5.29. The summed E-state index contributed by atoms with van der Waals surface area (Å²) < 4.78 is 5.74. The molecule has 2 aromatic heterocycles. The predicted molar refractivity (Wildman–Crippen MR) is 92.1 cm³/mol. The summed E-state index contributed by atoms with van der Waals surface area (Å²) in [7, 11) is 0. The van der Waals surface area contributed by atoms with Crippen molar-refractivity contribution in [1.82, 2.24) is 9.97 Å². The van der Waals surface area contributed by atoms with E-state index in [4.69, 9.17) is 4.74 Å². The minimum atomic E-state index is -1.02. The van der Waals surface area contributed by atoms with Gasteiger partial charge in [-0.3, -0.25) is 14.6 Å². The van der Waals surface area contributed by atoms with Gasteiger partial charge >= 0.3 is 0 Å². The Balaban J connectivity index is 2.09. The van der Waals surface area contributed by atoms with E-state index in [9.17, 15) is 9.59 Å². The third-order valence-electron chi connectivity index (χ3n) is 4.25. The van der Waals surface area contributed by atoms with Gasteiger partial charge in [0, 0.05) is 22.8 Å². The number of carbonyl (C=O) groups is 2. The first kappa shape index (κ1) is 16.9. The van der Waals surface area contributed by atoms with E-state index in [2.05, 4.69) is 9.97 Å². The summed E-state index contributed by atoms with van der Waals surface area (Å²) >= 11 is 1.48. The molecule has 0 aliphatic carbocycles. The van der Waals surface area contributed by atoms with E-state index in [0.29, 0.717) is 5.69 Å². The Hall–Kier alpha value is -1.92. The van der Waals surface area contributed by atoms with E-state index < -0.39 is 17.1 Å². The van der Waals surface area contributed by atoms with Gasteiger partial charge in [-0.2, -0.15) is 0 Å². The lowest BCUT2D eigenvalue weighted by atomic mass is 9.76. The van der Waals surface area contributed by atoms with Crippen LogP contribution in [0.2, 0.25) is 0 Å². The van der Waals surface area contributed by atoms with Gasteiger partial charge in [0.2, 0.25) is 0 Å². The SMILES string of the molecule is Cc1sc(-c2ccncc2)nc1C1C(=O)C(C)(C)OC(C)(C)C1=O. The number of thiazole rings is 1. The van der Waals surface area contributed by atoms with Gasteiger partial charge in [-0.15, -0.1) is 11.3 Å². The van der Waals surface area contributed by atoms with Crippen LogP contribution in [-0.4, -0.2) is 32.7 Å². The Kier molecular flexibility index (Phi) is 3.92. The van der Waals surface area contributed by atoms with E-state index in [0.717, 1.165) is 15.4 Å². The van der Waals surface area contributed by atoms with Crippen LogP contribution >= 0.6 is 11.3 Å². The first-order valence-electron chi connectivity index (χ1n) is 7.80. The maximum atomic E-state index is 12.9. The molecule has 3 rings (SSSR count). The largest absolute Gasteiger partial charge is 0.354 e. The van der Waals surface area contributed by atoms with Crippen molar-refractivity contribution in [3.05, 3.63) is 35.1 Å². The minimum Gasteiger partial charge on any atom is -0.354 e. The molecule has 2 aromatic rings. The summed E-state index contributed by atoms with van der Waals surface area (Å²) in [5.41, 5.74) is -0.565. The molecule has 0 saturated carbocycles. The number of aromatic nitrogens is 2. The van der Waals surface area contributed by atoms with Gasteiger partial charge in [0.05, 0.1) is 5.69 Å². The molecule has 0 bridgehead atoms. The Morgan fingerprint density at radius 2 is 1.58 bits per heavy atom. The zero-order valence-corrected chi connectivity index (χ0v) is 15.2. The highest BCUT2D eigenvalue weighted by atomic mass is 32.1. The fourth-order valence-electron chi connectivity index (χ4n) is 3.10. The molecule has 1 aliphatic heterocycles. The lowest BCUT2D eigenvalue weighted by Crippen LogP contribution is -2.58. The Labute approximate surface area is 145 Å². The van der Waals surface area contributed by atoms with Gasteiger partial charge < -0.3 is 4.74 Å². The summed E-state index contributed by atoms with van der Waals surface area (Å²) in [5, 5.41) is 0.785. The van der Waals surface area contributed by atoms with Gasteiger partial charge in [-0.25, -0.2) is 4.98 Å². The number of Topliss-reactive ketones (excluding diaryl/α,β-unsaturated/α-hetero) is 2. The maximum Gasteiger partial charge on any atom is 0.180 e. The molecule has 0 N–H and O–H groups in total. The molecule has 0 radical (unpaired) electrons. The summed E-state index contributed by atoms with van der Waals surface area (Å²) in [6.45, 7) is 8.74. The normalized spacial score (nSPS) is 20.4. The number of nitrogens with zero attached hydrogens (tertiary/aromatic N) is 2. The lowest BCUT2D eigenvalue weighted by molar-refractivity contribution is -0.184. The molecular weight excluding hydrogens is 324 g/mol. The van der Waals surface area contributed by atoms with Gasteiger partial charge in [-0.05, 0) is 46.8 Å². The highest BCUT2D eigenvalue weighted by Crippen LogP contribution is 2.41. The summed E-state index contributed by atoms with van der Waals surface area (Å²) in [6, 6.07) is 3.73. The molecule has 1 aliphatic rings. The summed E-state index contributed by atoms with van der Waals surface area (Å²) in [4.78, 5) is 35.2. The number of carbonyl (C=O) groups excluding carboxylic acids is 2. The van der Waals surface area contributed by atoms with E-state index in [1.807, 2.05) is 19.1 Å². The Bertz CT molecular complexity index is 783. The molecule has 0 unspecified atom stereocenters. The van der Waals surface area contributed by atoms with Crippen molar-refractivity contribution >= 4 is 22.9 Å². The van der Waals surface area contributed by atoms with E-state index in [-0.39, 0.29) is 11.6 Å². The van der Waals surface area contributed by atoms with Crippen LogP contribution in [-0.2, 0) is 14.3 Å². The number of ketones is 2. The predicted octanol–water partition coefficient (Wildman–Crippen LogP) is 3.32. The molecule has 0 atom stereocenters. The average molecular weight is 344 g/mol. The van der Waals surface area contributed by atoms with Crippen LogP contribution in [0, 0.1) is 6.92 Å². The number of ether oxygens (including phenoxy) is 1. The van der Waals surface area contributed by atoms with Crippen molar-refractivity contribution in [2.24, 2.45) is 0 Å². The molecule has 0 spiro atoms. The van der Waals surface area contributed by atoms with Crippen molar-refractivity contribution in [2.75, 3.05) is 0 Å². The number of pyridine rings is 1. The zero-order chi connectivity index (χ0) is 17.7. The molecule has 126 valence electrons. The summed E-state index contributed by atoms with van der Waals surface area (Å²) in [5.74, 6) is -1.35. The topological polar surface area (TPSA) is 69.2 Å².